The molecule has 0 saturated carbocycles. The van der Waals surface area contributed by atoms with E-state index in [1.165, 1.54) is 11.9 Å². The molecule has 0 aromatic heterocycles. The first kappa shape index (κ1) is 10.8. The van der Waals surface area contributed by atoms with Gasteiger partial charge >= 0.3 is 0 Å². The van der Waals surface area contributed by atoms with E-state index in [1.807, 2.05) is 27.0 Å². The van der Waals surface area contributed by atoms with Gasteiger partial charge in [0.05, 0.1) is 6.54 Å². The molecule has 0 radical (unpaired) electrons. The summed E-state index contributed by atoms with van der Waals surface area (Å²) >= 11 is 1.32. The van der Waals surface area contributed by atoms with Gasteiger partial charge in [0.25, 0.3) is 0 Å². The third-order valence-electron chi connectivity index (χ3n) is 0.995. The van der Waals surface area contributed by atoms with E-state index in [1.54, 1.807) is 0 Å². The van der Waals surface area contributed by atoms with Crippen molar-refractivity contribution >= 4 is 17.9 Å². The zero-order valence-corrected chi connectivity index (χ0v) is 8.34. The van der Waals surface area contributed by atoms with Gasteiger partial charge in [-0.2, -0.15) is 0 Å². The van der Waals surface area contributed by atoms with Gasteiger partial charge in [0.15, 0.2) is 0 Å². The maximum atomic E-state index is 10.9. The molecular weight excluding hydrogens is 160 g/mol. The number of nitrogens with one attached hydrogen (secondary N) is 2. The van der Waals surface area contributed by atoms with Crippen LogP contribution < -0.4 is 10.0 Å². The van der Waals surface area contributed by atoms with Crippen molar-refractivity contribution in [3.8, 4) is 0 Å². The van der Waals surface area contributed by atoms with Gasteiger partial charge in [-0.3, -0.25) is 9.52 Å². The van der Waals surface area contributed by atoms with Crippen LogP contribution in [0.3, 0.4) is 0 Å². The van der Waals surface area contributed by atoms with Crippen molar-refractivity contribution < 1.29 is 4.79 Å². The van der Waals surface area contributed by atoms with Crippen LogP contribution >= 0.6 is 11.9 Å². The summed E-state index contributed by atoms with van der Waals surface area (Å²) in [5.74, 6) is 0.0208. The zero-order valence-electron chi connectivity index (χ0n) is 7.52. The minimum atomic E-state index is 0.00967. The summed E-state index contributed by atoms with van der Waals surface area (Å²) < 4.78 is 2.63. The highest BCUT2D eigenvalue weighted by Crippen LogP contribution is 1.96. The molecule has 66 valence electrons. The fourth-order valence-corrected chi connectivity index (χ4v) is 0.795. The Morgan fingerprint density at radius 1 is 1.45 bits per heavy atom. The van der Waals surface area contributed by atoms with E-state index in [0.29, 0.717) is 6.54 Å². The Bertz CT molecular complexity index is 131. The van der Waals surface area contributed by atoms with Crippen molar-refractivity contribution in [1.29, 1.82) is 0 Å². The Morgan fingerprint density at radius 3 is 2.36 bits per heavy atom. The van der Waals surface area contributed by atoms with Crippen molar-refractivity contribution in [3.63, 3.8) is 0 Å². The molecular formula is C7H16N2OS. The Balaban J connectivity index is 3.46. The number of amides is 1. The molecule has 0 heterocycles. The Hall–Kier alpha value is -0.220. The van der Waals surface area contributed by atoms with E-state index in [9.17, 15) is 4.79 Å². The van der Waals surface area contributed by atoms with Gasteiger partial charge in [-0.1, -0.05) is 11.9 Å². The first-order valence-electron chi connectivity index (χ1n) is 3.52. The van der Waals surface area contributed by atoms with Gasteiger partial charge in [-0.25, -0.2) is 0 Å². The molecule has 0 aliphatic heterocycles. The van der Waals surface area contributed by atoms with Crippen molar-refractivity contribution in [2.75, 3.05) is 12.8 Å². The molecule has 0 saturated heterocycles. The highest BCUT2D eigenvalue weighted by atomic mass is 32.2. The fraction of sp³-hybridized carbons (Fsp3) is 0.857. The lowest BCUT2D eigenvalue weighted by Gasteiger charge is -2.19. The number of carbonyl (C=O) groups excluding carboxylic acids is 1. The molecule has 0 fully saturated rings. The highest BCUT2D eigenvalue weighted by Gasteiger charge is 2.10. The Kier molecular flexibility index (Phi) is 4.52. The van der Waals surface area contributed by atoms with E-state index in [-0.39, 0.29) is 11.4 Å². The fourth-order valence-electron chi connectivity index (χ4n) is 0.495. The van der Waals surface area contributed by atoms with E-state index >= 15 is 0 Å². The average Bonchev–Trinajstić information content (AvgIpc) is 1.83. The molecule has 2 N–H and O–H groups in total. The lowest BCUT2D eigenvalue weighted by atomic mass is 10.1. The predicted molar refractivity (Wildman–Crippen MR) is 49.4 cm³/mol. The van der Waals surface area contributed by atoms with Crippen molar-refractivity contribution in [2.24, 2.45) is 0 Å². The quantitative estimate of drug-likeness (QED) is 0.624. The summed E-state index contributed by atoms with van der Waals surface area (Å²) in [4.78, 5) is 10.9. The third-order valence-corrected chi connectivity index (χ3v) is 1.43. The van der Waals surface area contributed by atoms with Crippen LogP contribution in [0.1, 0.15) is 20.8 Å². The van der Waals surface area contributed by atoms with Crippen LogP contribution in [0.25, 0.3) is 0 Å². The molecule has 0 atom stereocenters. The van der Waals surface area contributed by atoms with Crippen LogP contribution in [0, 0.1) is 0 Å². The molecule has 0 spiro atoms. The van der Waals surface area contributed by atoms with Crippen molar-refractivity contribution in [2.45, 2.75) is 26.3 Å². The summed E-state index contributed by atoms with van der Waals surface area (Å²) in [7, 11) is 0. The molecule has 1 amide bonds. The number of rotatable bonds is 3. The van der Waals surface area contributed by atoms with Crippen LogP contribution in [0.4, 0.5) is 0 Å². The molecule has 0 unspecified atom stereocenters. The second-order valence-electron chi connectivity index (χ2n) is 3.33. The van der Waals surface area contributed by atoms with Gasteiger partial charge in [-0.05, 0) is 20.8 Å². The number of hydrogen-bond donors (Lipinski definition) is 2. The third kappa shape index (κ3) is 7.68. The van der Waals surface area contributed by atoms with Gasteiger partial charge in [-0.15, -0.1) is 0 Å². The predicted octanol–water partition coefficient (Wildman–Crippen LogP) is 0.769. The van der Waals surface area contributed by atoms with E-state index in [4.69, 9.17) is 0 Å². The first-order valence-corrected chi connectivity index (χ1v) is 4.75. The molecule has 0 aromatic rings. The monoisotopic (exact) mass is 176 g/mol. The van der Waals surface area contributed by atoms with Crippen molar-refractivity contribution in [3.05, 3.63) is 0 Å². The maximum Gasteiger partial charge on any atom is 0.243 e. The molecule has 0 rings (SSSR count). The van der Waals surface area contributed by atoms with Gasteiger partial charge in [0.2, 0.25) is 5.91 Å². The molecule has 0 aromatic carbocycles. The van der Waals surface area contributed by atoms with Gasteiger partial charge < -0.3 is 5.32 Å². The maximum absolute atomic E-state index is 10.9. The van der Waals surface area contributed by atoms with E-state index in [2.05, 4.69) is 10.0 Å². The zero-order chi connectivity index (χ0) is 8.91. The van der Waals surface area contributed by atoms with Crippen LogP contribution in [0.5, 0.6) is 0 Å². The second kappa shape index (κ2) is 4.62. The van der Waals surface area contributed by atoms with Crippen LogP contribution in [-0.4, -0.2) is 24.2 Å². The van der Waals surface area contributed by atoms with Crippen LogP contribution in [0.15, 0.2) is 0 Å². The summed E-state index contributed by atoms with van der Waals surface area (Å²) in [5.41, 5.74) is 0.00967. The standard InChI is InChI=1S/C7H16N2OS/c1-7(2,3)8-5-6(10)9-11-4/h8H,5H2,1-4H3,(H,9,10). The molecule has 3 nitrogen and oxygen atoms in total. The summed E-state index contributed by atoms with van der Waals surface area (Å²) in [6.07, 6.45) is 1.83. The SMILES string of the molecule is CSNC(=O)CNC(C)(C)C. The Morgan fingerprint density at radius 2 is 2.00 bits per heavy atom. The van der Waals surface area contributed by atoms with Crippen molar-refractivity contribution in [1.82, 2.24) is 10.0 Å². The van der Waals surface area contributed by atoms with Crippen LogP contribution in [-0.2, 0) is 4.79 Å². The smallest absolute Gasteiger partial charge is 0.243 e. The second-order valence-corrected chi connectivity index (χ2v) is 3.95. The lowest BCUT2D eigenvalue weighted by molar-refractivity contribution is -0.118. The largest absolute Gasteiger partial charge is 0.304 e. The first-order chi connectivity index (χ1) is 4.95. The topological polar surface area (TPSA) is 41.1 Å². The molecule has 4 heteroatoms. The van der Waals surface area contributed by atoms with E-state index < -0.39 is 0 Å². The Labute approximate surface area is 72.4 Å². The molecule has 11 heavy (non-hydrogen) atoms. The number of hydrogen-bond acceptors (Lipinski definition) is 3. The van der Waals surface area contributed by atoms with Crippen LogP contribution in [0.2, 0.25) is 0 Å². The number of carbonyl (C=O) groups is 1. The normalized spacial score (nSPS) is 11.3. The van der Waals surface area contributed by atoms with Gasteiger partial charge in [0.1, 0.15) is 0 Å². The van der Waals surface area contributed by atoms with E-state index in [0.717, 1.165) is 0 Å². The van der Waals surface area contributed by atoms with Gasteiger partial charge in [0, 0.05) is 11.8 Å². The lowest BCUT2D eigenvalue weighted by Crippen LogP contribution is -2.41. The average molecular weight is 176 g/mol. The summed E-state index contributed by atoms with van der Waals surface area (Å²) in [5, 5.41) is 3.08. The highest BCUT2D eigenvalue weighted by molar-refractivity contribution is 7.97. The minimum absolute atomic E-state index is 0.00967. The molecule has 0 bridgehead atoms. The molecule has 0 aliphatic rings. The summed E-state index contributed by atoms with van der Waals surface area (Å²) in [6, 6.07) is 0. The summed E-state index contributed by atoms with van der Waals surface area (Å²) in [6.45, 7) is 6.46. The molecule has 0 aliphatic carbocycles. The minimum Gasteiger partial charge on any atom is -0.304 e.